The van der Waals surface area contributed by atoms with Crippen molar-refractivity contribution in [1.29, 1.82) is 0 Å². The molecule has 1 N–H and O–H groups in total. The molecule has 0 aliphatic rings. The first kappa shape index (κ1) is 15.8. The van der Waals surface area contributed by atoms with E-state index in [0.717, 1.165) is 29.8 Å². The first-order valence-corrected chi connectivity index (χ1v) is 7.18. The van der Waals surface area contributed by atoms with Gasteiger partial charge in [-0.3, -0.25) is 4.68 Å². The number of aryl methyl sites for hydroxylation is 2. The fraction of sp³-hybridized carbons (Fsp3) is 0.400. The van der Waals surface area contributed by atoms with Crippen molar-refractivity contribution in [2.24, 2.45) is 7.05 Å². The van der Waals surface area contributed by atoms with Crippen LogP contribution in [0, 0.1) is 18.6 Å². The normalized spacial score (nSPS) is 12.5. The fourth-order valence-electron chi connectivity index (χ4n) is 2.40. The molecular weight excluding hydrogens is 296 g/mol. The maximum Gasteiger partial charge on any atom is 0.151 e. The van der Waals surface area contributed by atoms with Crippen molar-refractivity contribution in [3.05, 3.63) is 40.0 Å². The van der Waals surface area contributed by atoms with E-state index in [0.29, 0.717) is 5.82 Å². The van der Waals surface area contributed by atoms with E-state index in [-0.39, 0.29) is 16.6 Å². The number of anilines is 2. The maximum absolute atomic E-state index is 13.9. The Morgan fingerprint density at radius 3 is 2.43 bits per heavy atom. The van der Waals surface area contributed by atoms with Crippen LogP contribution in [0.25, 0.3) is 0 Å². The molecule has 0 fully saturated rings. The zero-order chi connectivity index (χ0) is 15.7. The molecule has 6 heteroatoms. The minimum absolute atomic E-state index is 0.0267. The fourth-order valence-corrected chi connectivity index (χ4v) is 2.59. The standard InChI is InChI=1S/C15H18ClF2N3/c1-5-8(2)13-9(3)20-21(4)15(13)19-14-11(17)6-10(16)7-12(14)18/h6-8,19H,5H2,1-4H3. The summed E-state index contributed by atoms with van der Waals surface area (Å²) in [6, 6.07) is 2.16. The maximum atomic E-state index is 13.9. The summed E-state index contributed by atoms with van der Waals surface area (Å²) in [4.78, 5) is 0. The van der Waals surface area contributed by atoms with Gasteiger partial charge in [0, 0.05) is 17.6 Å². The molecule has 21 heavy (non-hydrogen) atoms. The van der Waals surface area contributed by atoms with Crippen molar-refractivity contribution in [3.8, 4) is 0 Å². The van der Waals surface area contributed by atoms with Crippen LogP contribution >= 0.6 is 11.6 Å². The van der Waals surface area contributed by atoms with E-state index in [9.17, 15) is 8.78 Å². The minimum atomic E-state index is -0.728. The van der Waals surface area contributed by atoms with Gasteiger partial charge >= 0.3 is 0 Å². The molecule has 0 radical (unpaired) electrons. The smallest absolute Gasteiger partial charge is 0.151 e. The number of aromatic nitrogens is 2. The monoisotopic (exact) mass is 313 g/mol. The van der Waals surface area contributed by atoms with E-state index in [4.69, 9.17) is 11.6 Å². The van der Waals surface area contributed by atoms with Gasteiger partial charge in [-0.25, -0.2) is 8.78 Å². The third-order valence-corrected chi connectivity index (χ3v) is 3.84. The molecule has 1 atom stereocenters. The molecule has 114 valence electrons. The van der Waals surface area contributed by atoms with Crippen molar-refractivity contribution in [2.45, 2.75) is 33.1 Å². The van der Waals surface area contributed by atoms with Gasteiger partial charge in [-0.05, 0) is 31.4 Å². The van der Waals surface area contributed by atoms with Crippen molar-refractivity contribution < 1.29 is 8.78 Å². The van der Waals surface area contributed by atoms with Crippen LogP contribution in [0.1, 0.15) is 37.4 Å². The van der Waals surface area contributed by atoms with Gasteiger partial charge in [0.15, 0.2) is 11.6 Å². The van der Waals surface area contributed by atoms with Crippen molar-refractivity contribution >= 4 is 23.1 Å². The summed E-state index contributed by atoms with van der Waals surface area (Å²) in [7, 11) is 1.74. The molecule has 0 bridgehead atoms. The van der Waals surface area contributed by atoms with Crippen molar-refractivity contribution in [3.63, 3.8) is 0 Å². The molecule has 1 aromatic heterocycles. The Morgan fingerprint density at radius 2 is 1.90 bits per heavy atom. The topological polar surface area (TPSA) is 29.9 Å². The first-order valence-electron chi connectivity index (χ1n) is 6.80. The third kappa shape index (κ3) is 3.02. The minimum Gasteiger partial charge on any atom is -0.335 e. The van der Waals surface area contributed by atoms with E-state index in [1.54, 1.807) is 11.7 Å². The van der Waals surface area contributed by atoms with Gasteiger partial charge in [-0.1, -0.05) is 25.4 Å². The number of hydrogen-bond acceptors (Lipinski definition) is 2. The van der Waals surface area contributed by atoms with Gasteiger partial charge in [0.25, 0.3) is 0 Å². The Bertz CT molecular complexity index is 644. The Hall–Kier alpha value is -1.62. The molecule has 2 aromatic rings. The molecule has 0 aliphatic heterocycles. The van der Waals surface area contributed by atoms with Gasteiger partial charge < -0.3 is 5.32 Å². The highest BCUT2D eigenvalue weighted by atomic mass is 35.5. The number of nitrogens with one attached hydrogen (secondary N) is 1. The zero-order valence-corrected chi connectivity index (χ0v) is 13.2. The molecule has 0 amide bonds. The Kier molecular flexibility index (Phi) is 4.52. The summed E-state index contributed by atoms with van der Waals surface area (Å²) in [6.45, 7) is 6.01. The van der Waals surface area contributed by atoms with Gasteiger partial charge in [0.1, 0.15) is 11.5 Å². The largest absolute Gasteiger partial charge is 0.335 e. The van der Waals surface area contributed by atoms with Crippen LogP contribution in [-0.4, -0.2) is 9.78 Å². The van der Waals surface area contributed by atoms with E-state index in [2.05, 4.69) is 24.3 Å². The van der Waals surface area contributed by atoms with Gasteiger partial charge in [-0.2, -0.15) is 5.10 Å². The highest BCUT2D eigenvalue weighted by molar-refractivity contribution is 6.30. The van der Waals surface area contributed by atoms with Crippen LogP contribution in [-0.2, 0) is 7.05 Å². The van der Waals surface area contributed by atoms with E-state index in [1.807, 2.05) is 6.92 Å². The Balaban J connectivity index is 2.50. The molecule has 0 saturated carbocycles. The lowest BCUT2D eigenvalue weighted by molar-refractivity contribution is 0.590. The first-order chi connectivity index (χ1) is 9.85. The van der Waals surface area contributed by atoms with Crippen molar-refractivity contribution in [1.82, 2.24) is 9.78 Å². The second-order valence-corrected chi connectivity index (χ2v) is 5.59. The van der Waals surface area contributed by atoms with E-state index in [1.165, 1.54) is 0 Å². The number of rotatable bonds is 4. The summed E-state index contributed by atoms with van der Waals surface area (Å²) in [6.07, 6.45) is 0.910. The quantitative estimate of drug-likeness (QED) is 0.868. The molecule has 1 heterocycles. The van der Waals surface area contributed by atoms with Gasteiger partial charge in [-0.15, -0.1) is 0 Å². The summed E-state index contributed by atoms with van der Waals surface area (Å²) in [5.74, 6) is -0.621. The molecule has 2 rings (SSSR count). The average Bonchev–Trinajstić information content (AvgIpc) is 2.67. The average molecular weight is 314 g/mol. The summed E-state index contributed by atoms with van der Waals surface area (Å²) >= 11 is 5.64. The number of halogens is 3. The predicted octanol–water partition coefficient (Wildman–Crippen LogP) is 4.92. The molecule has 3 nitrogen and oxygen atoms in total. The van der Waals surface area contributed by atoms with Crippen LogP contribution in [0.15, 0.2) is 12.1 Å². The second kappa shape index (κ2) is 6.02. The summed E-state index contributed by atoms with van der Waals surface area (Å²) in [5, 5.41) is 7.20. The lowest BCUT2D eigenvalue weighted by Crippen LogP contribution is -2.06. The molecule has 0 spiro atoms. The Morgan fingerprint density at radius 1 is 1.33 bits per heavy atom. The Labute approximate surface area is 127 Å². The zero-order valence-electron chi connectivity index (χ0n) is 12.5. The molecule has 0 saturated heterocycles. The van der Waals surface area contributed by atoms with Crippen molar-refractivity contribution in [2.75, 3.05) is 5.32 Å². The molecule has 0 aliphatic carbocycles. The number of nitrogens with zero attached hydrogens (tertiary/aromatic N) is 2. The van der Waals surface area contributed by atoms with Crippen LogP contribution in [0.3, 0.4) is 0 Å². The molecule has 1 aromatic carbocycles. The van der Waals surface area contributed by atoms with Crippen LogP contribution in [0.5, 0.6) is 0 Å². The number of benzene rings is 1. The van der Waals surface area contributed by atoms with Gasteiger partial charge in [0.2, 0.25) is 0 Å². The number of hydrogen-bond donors (Lipinski definition) is 1. The lowest BCUT2D eigenvalue weighted by Gasteiger charge is -2.15. The van der Waals surface area contributed by atoms with Crippen LogP contribution in [0.4, 0.5) is 20.3 Å². The highest BCUT2D eigenvalue weighted by Gasteiger charge is 2.20. The molecular formula is C15H18ClF2N3. The highest BCUT2D eigenvalue weighted by Crippen LogP contribution is 2.33. The van der Waals surface area contributed by atoms with Crippen LogP contribution < -0.4 is 5.32 Å². The predicted molar refractivity (Wildman–Crippen MR) is 81.3 cm³/mol. The lowest BCUT2D eigenvalue weighted by atomic mass is 9.98. The van der Waals surface area contributed by atoms with E-state index >= 15 is 0 Å². The van der Waals surface area contributed by atoms with Gasteiger partial charge in [0.05, 0.1) is 5.69 Å². The van der Waals surface area contributed by atoms with E-state index < -0.39 is 11.6 Å². The third-order valence-electron chi connectivity index (χ3n) is 3.62. The molecule has 1 unspecified atom stereocenters. The SMILES string of the molecule is CCC(C)c1c(C)nn(C)c1Nc1c(F)cc(Cl)cc1F. The summed E-state index contributed by atoms with van der Waals surface area (Å²) in [5.41, 5.74) is 1.60. The van der Waals surface area contributed by atoms with Crippen LogP contribution in [0.2, 0.25) is 5.02 Å². The second-order valence-electron chi connectivity index (χ2n) is 5.15. The summed E-state index contributed by atoms with van der Waals surface area (Å²) < 4.78 is 29.5.